The molecule has 0 spiro atoms. The molecule has 2 heterocycles. The van der Waals surface area contributed by atoms with Gasteiger partial charge in [0.15, 0.2) is 0 Å². The van der Waals surface area contributed by atoms with Crippen LogP contribution in [-0.4, -0.2) is 26.8 Å². The van der Waals surface area contributed by atoms with Crippen molar-refractivity contribution >= 4 is 29.1 Å². The minimum Gasteiger partial charge on any atom is -0.508 e. The third-order valence-electron chi connectivity index (χ3n) is 4.77. The Kier molecular flexibility index (Phi) is 4.86. The number of rotatable bonds is 4. The van der Waals surface area contributed by atoms with Gasteiger partial charge in [-0.05, 0) is 54.1 Å². The number of nitrogens with zero attached hydrogens (tertiary/aromatic N) is 1. The Morgan fingerprint density at radius 3 is 2.34 bits per heavy atom. The highest BCUT2D eigenvalue weighted by molar-refractivity contribution is 6.46. The van der Waals surface area contributed by atoms with Crippen LogP contribution < -0.4 is 0 Å². The van der Waals surface area contributed by atoms with Gasteiger partial charge in [0, 0.05) is 10.6 Å². The second-order valence-electron chi connectivity index (χ2n) is 6.60. The number of amides is 1. The van der Waals surface area contributed by atoms with Gasteiger partial charge in [-0.1, -0.05) is 23.7 Å². The molecule has 1 unspecified atom stereocenters. The molecular formula is C22H16ClNO5. The number of hydrogen-bond donors (Lipinski definition) is 2. The number of ketones is 1. The molecule has 1 aromatic heterocycles. The quantitative estimate of drug-likeness (QED) is 0.381. The Bertz CT molecular complexity index is 1090. The molecular weight excluding hydrogens is 394 g/mol. The minimum atomic E-state index is -0.837. The molecule has 2 aromatic carbocycles. The molecule has 29 heavy (non-hydrogen) atoms. The molecule has 0 saturated carbocycles. The zero-order chi connectivity index (χ0) is 20.5. The number of carbonyl (C=O) groups excluding carboxylic acids is 2. The number of halogens is 1. The van der Waals surface area contributed by atoms with Crippen molar-refractivity contribution in [3.8, 4) is 5.75 Å². The highest BCUT2D eigenvalue weighted by atomic mass is 35.5. The summed E-state index contributed by atoms with van der Waals surface area (Å²) >= 11 is 5.91. The zero-order valence-corrected chi connectivity index (χ0v) is 15.8. The fraction of sp³-hybridized carbons (Fsp3) is 0.0909. The van der Waals surface area contributed by atoms with E-state index in [9.17, 15) is 19.8 Å². The highest BCUT2D eigenvalue weighted by Crippen LogP contribution is 2.40. The monoisotopic (exact) mass is 409 g/mol. The Morgan fingerprint density at radius 1 is 1.03 bits per heavy atom. The van der Waals surface area contributed by atoms with E-state index in [2.05, 4.69) is 0 Å². The number of phenols is 1. The van der Waals surface area contributed by atoms with Crippen molar-refractivity contribution in [3.05, 3.63) is 94.4 Å². The number of likely N-dealkylation sites (tertiary alicyclic amines) is 1. The molecule has 0 radical (unpaired) electrons. The molecule has 1 atom stereocenters. The summed E-state index contributed by atoms with van der Waals surface area (Å²) in [5.74, 6) is -1.27. The van der Waals surface area contributed by atoms with E-state index in [0.717, 1.165) is 0 Å². The number of carbonyl (C=O) groups is 2. The third kappa shape index (κ3) is 3.50. The first kappa shape index (κ1) is 18.8. The summed E-state index contributed by atoms with van der Waals surface area (Å²) in [6, 6.07) is 15.0. The lowest BCUT2D eigenvalue weighted by atomic mass is 9.95. The van der Waals surface area contributed by atoms with Gasteiger partial charge in [0.2, 0.25) is 0 Å². The van der Waals surface area contributed by atoms with Crippen LogP contribution in [0.4, 0.5) is 0 Å². The van der Waals surface area contributed by atoms with E-state index in [-0.39, 0.29) is 23.6 Å². The van der Waals surface area contributed by atoms with E-state index < -0.39 is 17.7 Å². The largest absolute Gasteiger partial charge is 0.508 e. The summed E-state index contributed by atoms with van der Waals surface area (Å²) in [6.07, 6.45) is 1.48. The van der Waals surface area contributed by atoms with Crippen LogP contribution in [0.1, 0.15) is 22.9 Å². The maximum Gasteiger partial charge on any atom is 0.296 e. The van der Waals surface area contributed by atoms with Gasteiger partial charge in [-0.2, -0.15) is 0 Å². The van der Waals surface area contributed by atoms with Crippen LogP contribution in [-0.2, 0) is 16.1 Å². The number of aliphatic hydroxyl groups excluding tert-OH is 1. The van der Waals surface area contributed by atoms with Crippen LogP contribution in [0.2, 0.25) is 5.02 Å². The fourth-order valence-corrected chi connectivity index (χ4v) is 3.51. The van der Waals surface area contributed by atoms with Gasteiger partial charge in [-0.3, -0.25) is 9.59 Å². The average molecular weight is 410 g/mol. The van der Waals surface area contributed by atoms with E-state index >= 15 is 0 Å². The van der Waals surface area contributed by atoms with Gasteiger partial charge in [0.05, 0.1) is 24.4 Å². The molecule has 2 N–H and O–H groups in total. The van der Waals surface area contributed by atoms with Gasteiger partial charge < -0.3 is 19.5 Å². The van der Waals surface area contributed by atoms with Gasteiger partial charge in [0.25, 0.3) is 11.7 Å². The summed E-state index contributed by atoms with van der Waals surface area (Å²) in [6.45, 7) is 0.0561. The lowest BCUT2D eigenvalue weighted by molar-refractivity contribution is -0.140. The number of aliphatic hydroxyl groups is 1. The Morgan fingerprint density at radius 2 is 1.72 bits per heavy atom. The molecule has 1 saturated heterocycles. The molecule has 1 fully saturated rings. The molecule has 146 valence electrons. The second-order valence-corrected chi connectivity index (χ2v) is 7.04. The normalized spacial score (nSPS) is 18.4. The van der Waals surface area contributed by atoms with Crippen LogP contribution in [0.5, 0.6) is 5.75 Å². The van der Waals surface area contributed by atoms with Crippen molar-refractivity contribution in [1.82, 2.24) is 4.90 Å². The third-order valence-corrected chi connectivity index (χ3v) is 5.02. The van der Waals surface area contributed by atoms with Crippen molar-refractivity contribution in [2.24, 2.45) is 0 Å². The van der Waals surface area contributed by atoms with Crippen molar-refractivity contribution < 1.29 is 24.2 Å². The first-order chi connectivity index (χ1) is 14.0. The van der Waals surface area contributed by atoms with Crippen molar-refractivity contribution in [1.29, 1.82) is 0 Å². The van der Waals surface area contributed by atoms with Gasteiger partial charge >= 0.3 is 0 Å². The van der Waals surface area contributed by atoms with Gasteiger partial charge in [-0.15, -0.1) is 0 Å². The first-order valence-electron chi connectivity index (χ1n) is 8.81. The molecule has 0 bridgehead atoms. The number of furan rings is 1. The summed E-state index contributed by atoms with van der Waals surface area (Å²) < 4.78 is 5.34. The van der Waals surface area contributed by atoms with Crippen LogP contribution in [0.3, 0.4) is 0 Å². The van der Waals surface area contributed by atoms with E-state index in [4.69, 9.17) is 16.0 Å². The SMILES string of the molecule is O=C1C(=O)N(Cc2ccco2)C(c2ccc(O)cc2)/C1=C(\O)c1ccc(Cl)cc1. The van der Waals surface area contributed by atoms with Gasteiger partial charge in [0.1, 0.15) is 17.3 Å². The second kappa shape index (κ2) is 7.48. The summed E-state index contributed by atoms with van der Waals surface area (Å²) in [5.41, 5.74) is 0.910. The Balaban J connectivity index is 1.86. The topological polar surface area (TPSA) is 91.0 Å². The number of phenolic OH excluding ortho intramolecular Hbond substituents is 1. The lowest BCUT2D eigenvalue weighted by Crippen LogP contribution is -2.29. The number of hydrogen-bond acceptors (Lipinski definition) is 5. The summed E-state index contributed by atoms with van der Waals surface area (Å²) in [7, 11) is 0. The summed E-state index contributed by atoms with van der Waals surface area (Å²) in [5, 5.41) is 21.0. The van der Waals surface area contributed by atoms with E-state index in [1.165, 1.54) is 23.3 Å². The number of Topliss-reactive ketones (excluding diaryl/α,β-unsaturated/α-hetero) is 1. The molecule has 6 nitrogen and oxygen atoms in total. The molecule has 1 aliphatic rings. The van der Waals surface area contributed by atoms with Crippen molar-refractivity contribution in [2.75, 3.05) is 0 Å². The fourth-order valence-electron chi connectivity index (χ4n) is 3.38. The maximum atomic E-state index is 12.9. The van der Waals surface area contributed by atoms with Crippen LogP contribution in [0.15, 0.2) is 76.9 Å². The van der Waals surface area contributed by atoms with Crippen LogP contribution >= 0.6 is 11.6 Å². The zero-order valence-electron chi connectivity index (χ0n) is 15.1. The minimum absolute atomic E-state index is 0.0328. The van der Waals surface area contributed by atoms with E-state index in [0.29, 0.717) is 21.9 Å². The smallest absolute Gasteiger partial charge is 0.296 e. The van der Waals surface area contributed by atoms with Crippen LogP contribution in [0, 0.1) is 0 Å². The van der Waals surface area contributed by atoms with Gasteiger partial charge in [-0.25, -0.2) is 0 Å². The molecule has 7 heteroatoms. The first-order valence-corrected chi connectivity index (χ1v) is 9.19. The Hall–Kier alpha value is -3.51. The highest BCUT2D eigenvalue weighted by Gasteiger charge is 2.46. The van der Waals surface area contributed by atoms with Crippen molar-refractivity contribution in [3.63, 3.8) is 0 Å². The van der Waals surface area contributed by atoms with Crippen molar-refractivity contribution in [2.45, 2.75) is 12.6 Å². The predicted molar refractivity (Wildman–Crippen MR) is 106 cm³/mol. The molecule has 1 amide bonds. The molecule has 1 aliphatic heterocycles. The Labute approximate surface area is 171 Å². The van der Waals surface area contributed by atoms with E-state index in [1.54, 1.807) is 48.5 Å². The molecule has 0 aliphatic carbocycles. The molecule has 4 rings (SSSR count). The van der Waals surface area contributed by atoms with E-state index in [1.807, 2.05) is 0 Å². The predicted octanol–water partition coefficient (Wildman–Crippen LogP) is 4.26. The molecule has 3 aromatic rings. The number of benzene rings is 2. The number of aromatic hydroxyl groups is 1. The summed E-state index contributed by atoms with van der Waals surface area (Å²) in [4.78, 5) is 27.0. The lowest BCUT2D eigenvalue weighted by Gasteiger charge is -2.24. The average Bonchev–Trinajstić information content (AvgIpc) is 3.31. The maximum absolute atomic E-state index is 12.9. The standard InChI is InChI=1S/C22H16ClNO5/c23-15-7-3-14(4-8-15)20(26)18-19(13-5-9-16(25)10-6-13)24(22(28)21(18)27)12-17-2-1-11-29-17/h1-11,19,25-26H,12H2/b20-18+. The van der Waals surface area contributed by atoms with Crippen LogP contribution in [0.25, 0.3) is 5.76 Å².